The highest BCUT2D eigenvalue weighted by Crippen LogP contribution is 2.30. The molecule has 0 unspecified atom stereocenters. The highest BCUT2D eigenvalue weighted by molar-refractivity contribution is 7.91. The monoisotopic (exact) mass is 389 g/mol. The number of morpholine rings is 1. The van der Waals surface area contributed by atoms with Gasteiger partial charge in [-0.2, -0.15) is 5.10 Å². The number of aryl methyl sites for hydroxylation is 1. The fourth-order valence-electron chi connectivity index (χ4n) is 3.61. The van der Waals surface area contributed by atoms with Gasteiger partial charge in [0.1, 0.15) is 0 Å². The summed E-state index contributed by atoms with van der Waals surface area (Å²) in [6.45, 7) is 4.15. The van der Waals surface area contributed by atoms with Crippen molar-refractivity contribution in [2.24, 2.45) is 0 Å². The minimum atomic E-state index is -3.05. The van der Waals surface area contributed by atoms with E-state index in [9.17, 15) is 13.2 Å². The number of carbonyl (C=O) groups is 1. The first-order chi connectivity index (χ1) is 12.9. The van der Waals surface area contributed by atoms with Crippen molar-refractivity contribution in [2.75, 3.05) is 37.8 Å². The molecular weight excluding hydrogens is 366 g/mol. The molecule has 1 amide bonds. The van der Waals surface area contributed by atoms with E-state index in [-0.39, 0.29) is 23.5 Å². The first kappa shape index (κ1) is 18.2. The summed E-state index contributed by atoms with van der Waals surface area (Å²) >= 11 is 0. The Bertz CT molecular complexity index is 944. The van der Waals surface area contributed by atoms with E-state index in [0.717, 1.165) is 16.8 Å². The van der Waals surface area contributed by atoms with Gasteiger partial charge in [-0.25, -0.2) is 8.42 Å². The molecule has 1 atom stereocenters. The highest BCUT2D eigenvalue weighted by Gasteiger charge is 2.32. The molecule has 7 nitrogen and oxygen atoms in total. The zero-order chi connectivity index (χ0) is 19.0. The minimum Gasteiger partial charge on any atom is -0.378 e. The lowest BCUT2D eigenvalue weighted by atomic mass is 10.1. The molecule has 2 aliphatic rings. The van der Waals surface area contributed by atoms with Crippen LogP contribution in [0.4, 0.5) is 0 Å². The standard InChI is InChI=1S/C19H23N3O4S/c1-14-2-4-15(5-3-14)18-12-17(19(23)21-7-9-26-10-8-21)20-22(18)16-6-11-27(24,25)13-16/h2-5,12,16H,6-11,13H2,1H3/t16-/m0/s1. The van der Waals surface area contributed by atoms with Gasteiger partial charge in [0.2, 0.25) is 0 Å². The summed E-state index contributed by atoms with van der Waals surface area (Å²) in [6.07, 6.45) is 0.522. The van der Waals surface area contributed by atoms with Crippen LogP contribution in [-0.4, -0.2) is 66.8 Å². The summed E-state index contributed by atoms with van der Waals surface area (Å²) in [5, 5.41) is 4.55. The van der Waals surface area contributed by atoms with Crippen molar-refractivity contribution in [2.45, 2.75) is 19.4 Å². The van der Waals surface area contributed by atoms with Crippen LogP contribution in [0.1, 0.15) is 28.5 Å². The molecule has 2 saturated heterocycles. The molecule has 0 aliphatic carbocycles. The number of aromatic nitrogens is 2. The Morgan fingerprint density at radius 2 is 1.89 bits per heavy atom. The van der Waals surface area contributed by atoms with E-state index in [0.29, 0.717) is 38.4 Å². The predicted octanol–water partition coefficient (Wildman–Crippen LogP) is 1.69. The van der Waals surface area contributed by atoms with Gasteiger partial charge in [0.05, 0.1) is 36.5 Å². The number of nitrogens with zero attached hydrogens (tertiary/aromatic N) is 3. The maximum atomic E-state index is 12.9. The summed E-state index contributed by atoms with van der Waals surface area (Å²) in [6, 6.07) is 9.51. The Morgan fingerprint density at radius 3 is 2.52 bits per heavy atom. The Kier molecular flexibility index (Phi) is 4.77. The van der Waals surface area contributed by atoms with Crippen LogP contribution in [0.25, 0.3) is 11.3 Å². The third kappa shape index (κ3) is 3.77. The average Bonchev–Trinajstić information content (AvgIpc) is 3.26. The molecule has 0 bridgehead atoms. The summed E-state index contributed by atoms with van der Waals surface area (Å²) in [4.78, 5) is 14.6. The molecular formula is C19H23N3O4S. The lowest BCUT2D eigenvalue weighted by Crippen LogP contribution is -2.40. The lowest BCUT2D eigenvalue weighted by Gasteiger charge is -2.25. The maximum Gasteiger partial charge on any atom is 0.274 e. The van der Waals surface area contributed by atoms with Crippen molar-refractivity contribution in [1.29, 1.82) is 0 Å². The summed E-state index contributed by atoms with van der Waals surface area (Å²) in [5.74, 6) is 0.0994. The van der Waals surface area contributed by atoms with Crippen molar-refractivity contribution in [1.82, 2.24) is 14.7 Å². The Labute approximate surface area is 158 Å². The summed E-state index contributed by atoms with van der Waals surface area (Å²) in [5.41, 5.74) is 3.21. The Hall–Kier alpha value is -2.19. The molecule has 0 saturated carbocycles. The zero-order valence-electron chi connectivity index (χ0n) is 15.3. The van der Waals surface area contributed by atoms with Crippen LogP contribution in [0.15, 0.2) is 30.3 Å². The first-order valence-corrected chi connectivity index (χ1v) is 11.0. The number of amides is 1. The third-order valence-corrected chi connectivity index (χ3v) is 6.91. The summed E-state index contributed by atoms with van der Waals surface area (Å²) < 4.78 is 31.0. The smallest absolute Gasteiger partial charge is 0.274 e. The molecule has 4 rings (SSSR count). The van der Waals surface area contributed by atoms with Gasteiger partial charge in [0.15, 0.2) is 15.5 Å². The van der Waals surface area contributed by atoms with Gasteiger partial charge < -0.3 is 9.64 Å². The second-order valence-corrected chi connectivity index (χ2v) is 9.42. The third-order valence-electron chi connectivity index (χ3n) is 5.15. The van der Waals surface area contributed by atoms with Crippen molar-refractivity contribution in [3.05, 3.63) is 41.6 Å². The van der Waals surface area contributed by atoms with E-state index in [1.54, 1.807) is 15.6 Å². The number of carbonyl (C=O) groups excluding carboxylic acids is 1. The molecule has 2 aliphatic heterocycles. The van der Waals surface area contributed by atoms with Crippen LogP contribution in [0.5, 0.6) is 0 Å². The van der Waals surface area contributed by atoms with Crippen molar-refractivity contribution >= 4 is 15.7 Å². The summed E-state index contributed by atoms with van der Waals surface area (Å²) in [7, 11) is -3.05. The average molecular weight is 389 g/mol. The quantitative estimate of drug-likeness (QED) is 0.798. The van der Waals surface area contributed by atoms with E-state index in [2.05, 4.69) is 5.10 Å². The van der Waals surface area contributed by atoms with Crippen molar-refractivity contribution < 1.29 is 17.9 Å². The number of hydrogen-bond donors (Lipinski definition) is 0. The molecule has 0 spiro atoms. The van der Waals surface area contributed by atoms with Gasteiger partial charge in [0.25, 0.3) is 5.91 Å². The van der Waals surface area contributed by atoms with Crippen LogP contribution < -0.4 is 0 Å². The fraction of sp³-hybridized carbons (Fsp3) is 0.474. The molecule has 144 valence electrons. The predicted molar refractivity (Wildman–Crippen MR) is 101 cm³/mol. The van der Waals surface area contributed by atoms with E-state index < -0.39 is 9.84 Å². The molecule has 2 fully saturated rings. The number of rotatable bonds is 3. The van der Waals surface area contributed by atoms with Crippen LogP contribution in [0.2, 0.25) is 0 Å². The lowest BCUT2D eigenvalue weighted by molar-refractivity contribution is 0.0298. The number of benzene rings is 1. The maximum absolute atomic E-state index is 12.9. The van der Waals surface area contributed by atoms with E-state index in [4.69, 9.17) is 4.74 Å². The van der Waals surface area contributed by atoms with Crippen LogP contribution in [0, 0.1) is 6.92 Å². The highest BCUT2D eigenvalue weighted by atomic mass is 32.2. The molecule has 3 heterocycles. The fourth-order valence-corrected chi connectivity index (χ4v) is 5.31. The van der Waals surface area contributed by atoms with Gasteiger partial charge in [0, 0.05) is 13.1 Å². The minimum absolute atomic E-state index is 0.0682. The number of hydrogen-bond acceptors (Lipinski definition) is 5. The van der Waals surface area contributed by atoms with Gasteiger partial charge in [-0.1, -0.05) is 29.8 Å². The molecule has 0 N–H and O–H groups in total. The molecule has 1 aromatic heterocycles. The van der Waals surface area contributed by atoms with Gasteiger partial charge in [-0.15, -0.1) is 0 Å². The van der Waals surface area contributed by atoms with E-state index in [1.807, 2.05) is 31.2 Å². The topological polar surface area (TPSA) is 81.5 Å². The van der Waals surface area contributed by atoms with Crippen molar-refractivity contribution in [3.63, 3.8) is 0 Å². The van der Waals surface area contributed by atoms with Crippen molar-refractivity contribution in [3.8, 4) is 11.3 Å². The second-order valence-electron chi connectivity index (χ2n) is 7.19. The Morgan fingerprint density at radius 1 is 1.19 bits per heavy atom. The van der Waals surface area contributed by atoms with Crippen LogP contribution in [0.3, 0.4) is 0 Å². The van der Waals surface area contributed by atoms with Crippen LogP contribution >= 0.6 is 0 Å². The normalized spacial score (nSPS) is 22.1. The van der Waals surface area contributed by atoms with E-state index >= 15 is 0 Å². The molecule has 8 heteroatoms. The van der Waals surface area contributed by atoms with E-state index in [1.165, 1.54) is 0 Å². The number of ether oxygens (including phenoxy) is 1. The molecule has 1 aromatic carbocycles. The number of sulfone groups is 1. The SMILES string of the molecule is Cc1ccc(-c2cc(C(=O)N3CCOCC3)nn2[C@H]2CCS(=O)(=O)C2)cc1. The molecule has 27 heavy (non-hydrogen) atoms. The first-order valence-electron chi connectivity index (χ1n) is 9.17. The van der Waals surface area contributed by atoms with Gasteiger partial charge in [-0.3, -0.25) is 9.48 Å². The molecule has 0 radical (unpaired) electrons. The van der Waals surface area contributed by atoms with Gasteiger partial charge >= 0.3 is 0 Å². The largest absolute Gasteiger partial charge is 0.378 e. The van der Waals surface area contributed by atoms with Crippen LogP contribution in [-0.2, 0) is 14.6 Å². The second kappa shape index (κ2) is 7.09. The van der Waals surface area contributed by atoms with Gasteiger partial charge in [-0.05, 0) is 25.0 Å². The molecule has 2 aromatic rings. The Balaban J connectivity index is 1.72. The zero-order valence-corrected chi connectivity index (χ0v) is 16.1.